The molecule has 0 unspecified atom stereocenters. The van der Waals surface area contributed by atoms with Gasteiger partial charge in [0, 0.05) is 19.0 Å². The lowest BCUT2D eigenvalue weighted by molar-refractivity contribution is 0.122. The zero-order chi connectivity index (χ0) is 10.1. The molecule has 0 N–H and O–H groups in total. The largest absolute Gasteiger partial charge is 0.378 e. The van der Waals surface area contributed by atoms with Gasteiger partial charge >= 0.3 is 0 Å². The number of ether oxygens (including phenoxy) is 1. The number of aromatic nitrogens is 2. The summed E-state index contributed by atoms with van der Waals surface area (Å²) >= 11 is 0. The van der Waals surface area contributed by atoms with Crippen molar-refractivity contribution in [3.8, 4) is 0 Å². The Kier molecular flexibility index (Phi) is 2.29. The van der Waals surface area contributed by atoms with E-state index >= 15 is 0 Å². The van der Waals surface area contributed by atoms with Crippen LogP contribution in [0.3, 0.4) is 0 Å². The summed E-state index contributed by atoms with van der Waals surface area (Å²) in [6, 6.07) is 4.21. The Hall–Kier alpha value is -1.16. The Morgan fingerprint density at radius 2 is 1.93 bits per heavy atom. The third kappa shape index (κ3) is 1.95. The second-order valence-electron chi connectivity index (χ2n) is 4.19. The molecule has 2 fully saturated rings. The first-order valence-corrected chi connectivity index (χ1v) is 5.60. The van der Waals surface area contributed by atoms with Gasteiger partial charge in [0.25, 0.3) is 0 Å². The molecule has 0 atom stereocenters. The number of anilines is 1. The van der Waals surface area contributed by atoms with E-state index in [1.165, 1.54) is 12.8 Å². The van der Waals surface area contributed by atoms with Crippen molar-refractivity contribution in [3.05, 3.63) is 17.8 Å². The first-order chi connectivity index (χ1) is 7.43. The monoisotopic (exact) mass is 205 g/mol. The van der Waals surface area contributed by atoms with E-state index in [0.29, 0.717) is 5.92 Å². The van der Waals surface area contributed by atoms with E-state index in [-0.39, 0.29) is 0 Å². The molecule has 0 aromatic carbocycles. The Labute approximate surface area is 89.3 Å². The maximum atomic E-state index is 5.30. The van der Waals surface area contributed by atoms with Crippen molar-refractivity contribution in [2.45, 2.75) is 18.8 Å². The molecule has 80 valence electrons. The van der Waals surface area contributed by atoms with Crippen LogP contribution in [-0.2, 0) is 4.74 Å². The summed E-state index contributed by atoms with van der Waals surface area (Å²) in [5.74, 6) is 1.68. The first-order valence-electron chi connectivity index (χ1n) is 5.60. The number of hydrogen-bond donors (Lipinski definition) is 0. The van der Waals surface area contributed by atoms with Crippen molar-refractivity contribution in [3.63, 3.8) is 0 Å². The van der Waals surface area contributed by atoms with Crippen LogP contribution in [0.25, 0.3) is 0 Å². The average molecular weight is 205 g/mol. The fourth-order valence-electron chi connectivity index (χ4n) is 1.89. The first kappa shape index (κ1) is 9.09. The average Bonchev–Trinajstić information content (AvgIpc) is 3.15. The lowest BCUT2D eigenvalue weighted by Gasteiger charge is -2.27. The van der Waals surface area contributed by atoms with Gasteiger partial charge in [-0.2, -0.15) is 5.10 Å². The molecule has 3 rings (SSSR count). The van der Waals surface area contributed by atoms with Crippen LogP contribution in [0.4, 0.5) is 5.82 Å². The van der Waals surface area contributed by atoms with E-state index in [2.05, 4.69) is 27.2 Å². The van der Waals surface area contributed by atoms with Crippen LogP contribution < -0.4 is 4.90 Å². The predicted molar refractivity (Wildman–Crippen MR) is 57.0 cm³/mol. The van der Waals surface area contributed by atoms with Gasteiger partial charge in [-0.25, -0.2) is 0 Å². The van der Waals surface area contributed by atoms with Gasteiger partial charge in [-0.3, -0.25) is 0 Å². The van der Waals surface area contributed by atoms with Crippen molar-refractivity contribution in [1.82, 2.24) is 10.2 Å². The number of morpholine rings is 1. The van der Waals surface area contributed by atoms with Crippen LogP contribution in [0.5, 0.6) is 0 Å². The Morgan fingerprint density at radius 3 is 2.53 bits per heavy atom. The van der Waals surface area contributed by atoms with Gasteiger partial charge in [-0.1, -0.05) is 0 Å². The molecular formula is C11H15N3O. The van der Waals surface area contributed by atoms with Crippen LogP contribution >= 0.6 is 0 Å². The summed E-state index contributed by atoms with van der Waals surface area (Å²) in [6.45, 7) is 3.45. The maximum absolute atomic E-state index is 5.30. The molecule has 1 saturated heterocycles. The molecular weight excluding hydrogens is 190 g/mol. The molecule has 2 heterocycles. The van der Waals surface area contributed by atoms with E-state index in [0.717, 1.165) is 37.8 Å². The highest BCUT2D eigenvalue weighted by atomic mass is 16.5. The van der Waals surface area contributed by atoms with E-state index in [9.17, 15) is 0 Å². The molecule has 1 aromatic heterocycles. The fourth-order valence-corrected chi connectivity index (χ4v) is 1.89. The number of rotatable bonds is 2. The summed E-state index contributed by atoms with van der Waals surface area (Å²) < 4.78 is 5.30. The van der Waals surface area contributed by atoms with Crippen LogP contribution in [0.15, 0.2) is 12.1 Å². The fraction of sp³-hybridized carbons (Fsp3) is 0.636. The summed E-state index contributed by atoms with van der Waals surface area (Å²) in [7, 11) is 0. The van der Waals surface area contributed by atoms with E-state index < -0.39 is 0 Å². The van der Waals surface area contributed by atoms with Crippen molar-refractivity contribution in [1.29, 1.82) is 0 Å². The predicted octanol–water partition coefficient (Wildman–Crippen LogP) is 1.19. The van der Waals surface area contributed by atoms with Crippen molar-refractivity contribution < 1.29 is 4.74 Å². The molecule has 1 aliphatic heterocycles. The van der Waals surface area contributed by atoms with Gasteiger partial charge in [0.1, 0.15) is 0 Å². The van der Waals surface area contributed by atoms with E-state index in [1.54, 1.807) is 0 Å². The quantitative estimate of drug-likeness (QED) is 0.727. The molecule has 1 aromatic rings. The second-order valence-corrected chi connectivity index (χ2v) is 4.19. The summed E-state index contributed by atoms with van der Waals surface area (Å²) in [5.41, 5.74) is 1.16. The molecule has 4 heteroatoms. The number of hydrogen-bond acceptors (Lipinski definition) is 4. The SMILES string of the molecule is c1cc(N2CCOCC2)nnc1C1CC1. The van der Waals surface area contributed by atoms with Crippen molar-refractivity contribution in [2.75, 3.05) is 31.2 Å². The van der Waals surface area contributed by atoms with Crippen molar-refractivity contribution >= 4 is 5.82 Å². The van der Waals surface area contributed by atoms with Gasteiger partial charge in [0.15, 0.2) is 5.82 Å². The third-order valence-electron chi connectivity index (χ3n) is 3.00. The van der Waals surface area contributed by atoms with Gasteiger partial charge in [0.2, 0.25) is 0 Å². The van der Waals surface area contributed by atoms with Crippen LogP contribution in [0.2, 0.25) is 0 Å². The number of nitrogens with zero attached hydrogens (tertiary/aromatic N) is 3. The van der Waals surface area contributed by atoms with Gasteiger partial charge in [-0.15, -0.1) is 5.10 Å². The summed E-state index contributed by atoms with van der Waals surface area (Å²) in [4.78, 5) is 2.23. The Morgan fingerprint density at radius 1 is 1.13 bits per heavy atom. The van der Waals surface area contributed by atoms with Gasteiger partial charge < -0.3 is 9.64 Å². The smallest absolute Gasteiger partial charge is 0.151 e. The lowest BCUT2D eigenvalue weighted by Crippen LogP contribution is -2.36. The van der Waals surface area contributed by atoms with Gasteiger partial charge in [0.05, 0.1) is 18.9 Å². The Bertz CT molecular complexity index is 328. The molecule has 0 bridgehead atoms. The van der Waals surface area contributed by atoms with Crippen LogP contribution in [0, 0.1) is 0 Å². The van der Waals surface area contributed by atoms with E-state index in [1.807, 2.05) is 0 Å². The molecule has 15 heavy (non-hydrogen) atoms. The topological polar surface area (TPSA) is 38.2 Å². The lowest BCUT2D eigenvalue weighted by atomic mass is 10.3. The minimum atomic E-state index is 0.691. The normalized spacial score (nSPS) is 21.7. The second kappa shape index (κ2) is 3.77. The maximum Gasteiger partial charge on any atom is 0.151 e. The van der Waals surface area contributed by atoms with Crippen LogP contribution in [0.1, 0.15) is 24.5 Å². The zero-order valence-corrected chi connectivity index (χ0v) is 8.72. The molecule has 4 nitrogen and oxygen atoms in total. The summed E-state index contributed by atoms with van der Waals surface area (Å²) in [5, 5.41) is 8.57. The highest BCUT2D eigenvalue weighted by Crippen LogP contribution is 2.38. The molecule has 2 aliphatic rings. The van der Waals surface area contributed by atoms with Crippen LogP contribution in [-0.4, -0.2) is 36.5 Å². The summed E-state index contributed by atoms with van der Waals surface area (Å²) in [6.07, 6.45) is 2.57. The molecule has 1 aliphatic carbocycles. The standard InChI is InChI=1S/C11H15N3O/c1-2-9(1)10-3-4-11(13-12-10)14-5-7-15-8-6-14/h3-4,9H,1-2,5-8H2. The molecule has 0 spiro atoms. The highest BCUT2D eigenvalue weighted by Gasteiger charge is 2.25. The minimum Gasteiger partial charge on any atom is -0.378 e. The molecule has 1 saturated carbocycles. The molecule has 0 amide bonds. The van der Waals surface area contributed by atoms with E-state index in [4.69, 9.17) is 4.74 Å². The van der Waals surface area contributed by atoms with Crippen molar-refractivity contribution in [2.24, 2.45) is 0 Å². The Balaban J connectivity index is 1.73. The molecule has 0 radical (unpaired) electrons. The zero-order valence-electron chi connectivity index (χ0n) is 8.72. The minimum absolute atomic E-state index is 0.691. The highest BCUT2D eigenvalue weighted by molar-refractivity contribution is 5.38. The third-order valence-corrected chi connectivity index (χ3v) is 3.00. The van der Waals surface area contributed by atoms with Gasteiger partial charge in [-0.05, 0) is 25.0 Å².